The molecule has 0 atom stereocenters. The van der Waals surface area contributed by atoms with Crippen molar-refractivity contribution in [2.45, 2.75) is 26.9 Å². The molecule has 1 amide bonds. The molecule has 8 heteroatoms. The number of fused-ring (bicyclic) bond motifs is 3. The van der Waals surface area contributed by atoms with Gasteiger partial charge in [0.2, 0.25) is 5.91 Å². The van der Waals surface area contributed by atoms with Crippen LogP contribution in [0, 0.1) is 0 Å². The van der Waals surface area contributed by atoms with E-state index in [0.29, 0.717) is 55.5 Å². The van der Waals surface area contributed by atoms with Crippen molar-refractivity contribution in [1.82, 2.24) is 20.0 Å². The Balaban J connectivity index is 1.87. The van der Waals surface area contributed by atoms with Crippen LogP contribution in [-0.4, -0.2) is 40.4 Å². The number of para-hydroxylation sites is 1. The number of anilines is 1. The highest BCUT2D eigenvalue weighted by Gasteiger charge is 2.18. The van der Waals surface area contributed by atoms with Crippen LogP contribution in [0.5, 0.6) is 0 Å². The predicted molar refractivity (Wildman–Crippen MR) is 109 cm³/mol. The summed E-state index contributed by atoms with van der Waals surface area (Å²) in [5.74, 6) is 0.810. The van der Waals surface area contributed by atoms with Crippen LogP contribution in [0.3, 0.4) is 0 Å². The van der Waals surface area contributed by atoms with Crippen LogP contribution in [0.2, 0.25) is 0 Å². The molecule has 0 aliphatic heterocycles. The number of benzene rings is 1. The molecule has 1 aromatic carbocycles. The lowest BCUT2D eigenvalue weighted by molar-refractivity contribution is -0.117. The summed E-state index contributed by atoms with van der Waals surface area (Å²) in [6, 6.07) is 7.71. The molecule has 3 N–H and O–H groups in total. The van der Waals surface area contributed by atoms with Crippen LogP contribution < -0.4 is 15.9 Å². The van der Waals surface area contributed by atoms with Gasteiger partial charge in [0.15, 0.2) is 11.6 Å². The number of rotatable bonds is 9. The highest BCUT2D eigenvalue weighted by atomic mass is 16.7. The number of hydrogen-bond donors (Lipinski definition) is 2. The normalized spacial score (nSPS) is 11.1. The minimum Gasteiger partial charge on any atom is -0.412 e. The first kappa shape index (κ1) is 19.6. The molecule has 0 aliphatic rings. The molecule has 3 rings (SSSR count). The van der Waals surface area contributed by atoms with Gasteiger partial charge in [0.1, 0.15) is 24.2 Å². The topological polar surface area (TPSA) is 104 Å². The van der Waals surface area contributed by atoms with Crippen LogP contribution in [0.1, 0.15) is 26.1 Å². The summed E-state index contributed by atoms with van der Waals surface area (Å²) in [5.41, 5.74) is 8.74. The van der Waals surface area contributed by atoms with E-state index >= 15 is 0 Å². The number of nitrogens with one attached hydrogen (secondary N) is 1. The molecular weight excluding hydrogens is 358 g/mol. The van der Waals surface area contributed by atoms with Crippen molar-refractivity contribution >= 4 is 33.7 Å². The number of hydrogen-bond acceptors (Lipinski definition) is 6. The summed E-state index contributed by atoms with van der Waals surface area (Å²) >= 11 is 0. The Morgan fingerprint density at radius 1 is 1.32 bits per heavy atom. The number of ether oxygens (including phenoxy) is 1. The second-order valence-electron chi connectivity index (χ2n) is 6.39. The van der Waals surface area contributed by atoms with Gasteiger partial charge < -0.3 is 20.6 Å². The molecule has 0 fully saturated rings. The average Bonchev–Trinajstić information content (AvgIpc) is 3.05. The predicted octanol–water partition coefficient (Wildman–Crippen LogP) is 2.21. The van der Waals surface area contributed by atoms with Crippen LogP contribution in [0.15, 0.2) is 36.4 Å². The van der Waals surface area contributed by atoms with Crippen LogP contribution in [0.4, 0.5) is 5.82 Å². The van der Waals surface area contributed by atoms with E-state index < -0.39 is 0 Å². The highest BCUT2D eigenvalue weighted by molar-refractivity contribution is 6.06. The average molecular weight is 383 g/mol. The van der Waals surface area contributed by atoms with Crippen molar-refractivity contribution < 1.29 is 14.4 Å². The fourth-order valence-electron chi connectivity index (χ4n) is 2.83. The number of amides is 1. The van der Waals surface area contributed by atoms with Gasteiger partial charge >= 0.3 is 0 Å². The first-order valence-corrected chi connectivity index (χ1v) is 9.23. The smallest absolute Gasteiger partial charge is 0.246 e. The van der Waals surface area contributed by atoms with Gasteiger partial charge in [-0.05, 0) is 19.9 Å². The Morgan fingerprint density at radius 3 is 2.86 bits per heavy atom. The summed E-state index contributed by atoms with van der Waals surface area (Å²) in [5, 5.41) is 3.69. The molecule has 0 aliphatic carbocycles. The third-order valence-electron chi connectivity index (χ3n) is 4.20. The molecule has 0 saturated carbocycles. The summed E-state index contributed by atoms with van der Waals surface area (Å²) in [7, 11) is 0. The van der Waals surface area contributed by atoms with E-state index in [1.165, 1.54) is 0 Å². The lowest BCUT2D eigenvalue weighted by atomic mass is 10.2. The van der Waals surface area contributed by atoms with Crippen LogP contribution in [0.25, 0.3) is 21.9 Å². The molecule has 0 saturated heterocycles. The lowest BCUT2D eigenvalue weighted by Crippen LogP contribution is -2.27. The second-order valence-corrected chi connectivity index (χ2v) is 6.39. The number of pyridine rings is 1. The van der Waals surface area contributed by atoms with Crippen molar-refractivity contribution in [1.29, 1.82) is 0 Å². The third kappa shape index (κ3) is 4.07. The fourth-order valence-corrected chi connectivity index (χ4v) is 2.83. The maximum atomic E-state index is 11.6. The first-order valence-electron chi connectivity index (χ1n) is 9.23. The molecule has 0 bridgehead atoms. The number of carbonyl (C=O) groups excluding carboxylic acids is 1. The summed E-state index contributed by atoms with van der Waals surface area (Å²) in [6.45, 7) is 8.95. The van der Waals surface area contributed by atoms with Gasteiger partial charge in [0, 0.05) is 30.5 Å². The zero-order valence-electron chi connectivity index (χ0n) is 16.2. The number of aromatic nitrogens is 3. The molecule has 3 aromatic rings. The molecule has 0 spiro atoms. The SMILES string of the molecule is C=C(C)C(=O)NCCCOn1c(COCC)nc2c(N)nc3ccccc3c21. The number of nitrogens with two attached hydrogens (primary N) is 1. The monoisotopic (exact) mass is 383 g/mol. The maximum Gasteiger partial charge on any atom is 0.246 e. The zero-order chi connectivity index (χ0) is 20.1. The summed E-state index contributed by atoms with van der Waals surface area (Å²) in [6.07, 6.45) is 0.630. The van der Waals surface area contributed by atoms with Gasteiger partial charge in [-0.15, -0.1) is 0 Å². The molecule has 0 unspecified atom stereocenters. The van der Waals surface area contributed by atoms with Gasteiger partial charge in [0.25, 0.3) is 0 Å². The van der Waals surface area contributed by atoms with Crippen LogP contribution in [-0.2, 0) is 16.1 Å². The van der Waals surface area contributed by atoms with Crippen molar-refractivity contribution in [3.63, 3.8) is 0 Å². The molecule has 0 radical (unpaired) electrons. The van der Waals surface area contributed by atoms with E-state index in [9.17, 15) is 4.79 Å². The Kier molecular flexibility index (Phi) is 6.10. The first-order chi connectivity index (χ1) is 13.5. The molecule has 28 heavy (non-hydrogen) atoms. The molecule has 2 heterocycles. The van der Waals surface area contributed by atoms with Gasteiger partial charge in [0.05, 0.1) is 5.52 Å². The van der Waals surface area contributed by atoms with Crippen LogP contribution >= 0.6 is 0 Å². The Labute approximate surface area is 163 Å². The largest absolute Gasteiger partial charge is 0.412 e. The lowest BCUT2D eigenvalue weighted by Gasteiger charge is -2.12. The summed E-state index contributed by atoms with van der Waals surface area (Å²) < 4.78 is 7.21. The zero-order valence-corrected chi connectivity index (χ0v) is 16.2. The van der Waals surface area contributed by atoms with Gasteiger partial charge in [-0.2, -0.15) is 4.73 Å². The van der Waals surface area contributed by atoms with E-state index in [-0.39, 0.29) is 5.91 Å². The number of nitrogen functional groups attached to an aromatic ring is 1. The van der Waals surface area contributed by atoms with Crippen molar-refractivity contribution in [2.24, 2.45) is 0 Å². The standard InChI is InChI=1S/C20H25N5O3/c1-4-27-12-16-24-17-18(14-8-5-6-9-15(14)23-19(17)21)25(16)28-11-7-10-22-20(26)13(2)3/h5-6,8-9H,2,4,7,10-12H2,1,3H3,(H2,21,23)(H,22,26). The van der Waals surface area contributed by atoms with E-state index in [4.69, 9.17) is 15.3 Å². The highest BCUT2D eigenvalue weighted by Crippen LogP contribution is 2.28. The van der Waals surface area contributed by atoms with E-state index in [1.54, 1.807) is 11.7 Å². The number of nitrogens with zero attached hydrogens (tertiary/aromatic N) is 3. The minimum absolute atomic E-state index is 0.157. The fraction of sp³-hybridized carbons (Fsp3) is 0.350. The van der Waals surface area contributed by atoms with Gasteiger partial charge in [-0.25, -0.2) is 9.97 Å². The van der Waals surface area contributed by atoms with E-state index in [0.717, 1.165) is 16.4 Å². The second kappa shape index (κ2) is 8.71. The van der Waals surface area contributed by atoms with Gasteiger partial charge in [-0.1, -0.05) is 24.8 Å². The molecular formula is C20H25N5O3. The van der Waals surface area contributed by atoms with Crippen molar-refractivity contribution in [3.05, 3.63) is 42.2 Å². The number of carbonyl (C=O) groups is 1. The van der Waals surface area contributed by atoms with Gasteiger partial charge in [-0.3, -0.25) is 4.79 Å². The van der Waals surface area contributed by atoms with Crippen molar-refractivity contribution in [2.75, 3.05) is 25.5 Å². The molecule has 148 valence electrons. The molecule has 8 nitrogen and oxygen atoms in total. The maximum absolute atomic E-state index is 11.6. The Bertz CT molecular complexity index is 1010. The Morgan fingerprint density at radius 2 is 2.11 bits per heavy atom. The number of imidazole rings is 1. The minimum atomic E-state index is -0.157. The Hall–Kier alpha value is -3.13. The quantitative estimate of drug-likeness (QED) is 0.434. The summed E-state index contributed by atoms with van der Waals surface area (Å²) in [4.78, 5) is 26.6. The molecule has 2 aromatic heterocycles. The van der Waals surface area contributed by atoms with E-state index in [1.807, 2.05) is 31.2 Å². The van der Waals surface area contributed by atoms with Crippen molar-refractivity contribution in [3.8, 4) is 0 Å². The van der Waals surface area contributed by atoms with E-state index in [2.05, 4.69) is 21.9 Å². The third-order valence-corrected chi connectivity index (χ3v) is 4.20.